The van der Waals surface area contributed by atoms with E-state index in [0.717, 1.165) is 10.9 Å². The average Bonchev–Trinajstić information content (AvgIpc) is 3.15. The molecule has 11 nitrogen and oxygen atoms in total. The smallest absolute Gasteiger partial charge is 0.254 e. The van der Waals surface area contributed by atoms with Crippen LogP contribution in [0.2, 0.25) is 0 Å². The number of anilines is 4. The molecule has 4 rings (SSSR count). The summed E-state index contributed by atoms with van der Waals surface area (Å²) in [4.78, 5) is 20.2. The second-order valence-corrected chi connectivity index (χ2v) is 7.87. The number of aromatic amines is 1. The molecule has 1 amide bonds. The second kappa shape index (κ2) is 7.42. The van der Waals surface area contributed by atoms with Crippen LogP contribution in [-0.2, 0) is 10.0 Å². The molecule has 0 unspecified atom stereocenters. The molecule has 4 aromatic rings. The van der Waals surface area contributed by atoms with E-state index in [-0.39, 0.29) is 22.2 Å². The van der Waals surface area contributed by atoms with Crippen molar-refractivity contribution in [1.82, 2.24) is 20.2 Å². The second-order valence-electron chi connectivity index (χ2n) is 6.31. The van der Waals surface area contributed by atoms with Crippen LogP contribution in [0.5, 0.6) is 0 Å². The number of H-pyrrole nitrogens is 1. The van der Waals surface area contributed by atoms with E-state index in [4.69, 9.17) is 10.9 Å². The minimum Gasteiger partial charge on any atom is -0.365 e. The number of hydrogen-bond acceptors (Lipinski definition) is 8. The molecule has 0 spiro atoms. The van der Waals surface area contributed by atoms with E-state index in [9.17, 15) is 13.2 Å². The zero-order valence-corrected chi connectivity index (χ0v) is 16.1. The Morgan fingerprint density at radius 1 is 1.00 bits per heavy atom. The molecule has 152 valence electrons. The maximum atomic E-state index is 11.8. The summed E-state index contributed by atoms with van der Waals surface area (Å²) in [5, 5.41) is 18.8. The Balaban J connectivity index is 1.63. The summed E-state index contributed by atoms with van der Waals surface area (Å²) in [6.07, 6.45) is 2.97. The van der Waals surface area contributed by atoms with Crippen LogP contribution in [0, 0.1) is 0 Å². The molecular weight excluding hydrogens is 408 g/mol. The lowest BCUT2D eigenvalue weighted by molar-refractivity contribution is 0.100. The summed E-state index contributed by atoms with van der Waals surface area (Å²) in [5.74, 6) is -0.301. The van der Waals surface area contributed by atoms with Crippen molar-refractivity contribution >= 4 is 50.0 Å². The summed E-state index contributed by atoms with van der Waals surface area (Å²) >= 11 is 0. The minimum atomic E-state index is -3.79. The first-order valence-electron chi connectivity index (χ1n) is 8.56. The topological polar surface area (TPSA) is 182 Å². The van der Waals surface area contributed by atoms with Gasteiger partial charge in [0.15, 0.2) is 0 Å². The lowest BCUT2D eigenvalue weighted by Gasteiger charge is -2.12. The third-order valence-electron chi connectivity index (χ3n) is 4.20. The highest BCUT2D eigenvalue weighted by Crippen LogP contribution is 2.24. The first-order valence-corrected chi connectivity index (χ1v) is 10.1. The molecule has 0 aliphatic heterocycles. The number of primary amides is 1. The highest BCUT2D eigenvalue weighted by molar-refractivity contribution is 7.89. The van der Waals surface area contributed by atoms with Gasteiger partial charge in [0, 0.05) is 23.0 Å². The number of aromatic nitrogens is 4. The summed E-state index contributed by atoms with van der Waals surface area (Å²) in [6, 6.07) is 11.2. The number of nitrogens with zero attached hydrogens (tertiary/aromatic N) is 3. The Bertz CT molecular complexity index is 1350. The number of carbonyl (C=O) groups excluding carboxylic acids is 1. The maximum absolute atomic E-state index is 11.8. The van der Waals surface area contributed by atoms with Gasteiger partial charge in [-0.05, 0) is 42.5 Å². The Labute approximate surface area is 170 Å². The fraction of sp³-hybridized carbons (Fsp3) is 0. The monoisotopic (exact) mass is 424 g/mol. The Kier molecular flexibility index (Phi) is 4.77. The normalized spacial score (nSPS) is 11.4. The highest BCUT2D eigenvalue weighted by atomic mass is 32.2. The predicted octanol–water partition coefficient (Wildman–Crippen LogP) is 1.59. The molecule has 0 aliphatic carbocycles. The summed E-state index contributed by atoms with van der Waals surface area (Å²) in [7, 11) is -3.79. The quantitative estimate of drug-likeness (QED) is 0.309. The molecule has 2 aromatic heterocycles. The van der Waals surface area contributed by atoms with Crippen LogP contribution in [0.15, 0.2) is 59.8 Å². The molecule has 12 heteroatoms. The lowest BCUT2D eigenvalue weighted by atomic mass is 10.2. The van der Waals surface area contributed by atoms with Gasteiger partial charge in [-0.3, -0.25) is 9.89 Å². The van der Waals surface area contributed by atoms with Crippen molar-refractivity contribution in [2.24, 2.45) is 10.9 Å². The van der Waals surface area contributed by atoms with Crippen molar-refractivity contribution in [2.45, 2.75) is 4.90 Å². The number of carbonyl (C=O) groups is 1. The highest BCUT2D eigenvalue weighted by Gasteiger charge is 2.14. The molecule has 7 N–H and O–H groups in total. The molecule has 0 fully saturated rings. The van der Waals surface area contributed by atoms with Crippen molar-refractivity contribution in [1.29, 1.82) is 0 Å². The first kappa shape index (κ1) is 19.3. The molecule has 0 saturated carbocycles. The van der Waals surface area contributed by atoms with E-state index in [0.29, 0.717) is 11.4 Å². The largest absolute Gasteiger partial charge is 0.365 e. The fourth-order valence-corrected chi connectivity index (χ4v) is 3.25. The summed E-state index contributed by atoms with van der Waals surface area (Å²) < 4.78 is 22.7. The number of rotatable bonds is 6. The van der Waals surface area contributed by atoms with E-state index >= 15 is 0 Å². The third-order valence-corrected chi connectivity index (χ3v) is 5.13. The number of benzene rings is 2. The van der Waals surface area contributed by atoms with Gasteiger partial charge in [0.25, 0.3) is 5.91 Å². The van der Waals surface area contributed by atoms with Crippen molar-refractivity contribution in [3.8, 4) is 0 Å². The van der Waals surface area contributed by atoms with E-state index in [1.54, 1.807) is 12.3 Å². The predicted molar refractivity (Wildman–Crippen MR) is 111 cm³/mol. The number of nitrogens with one attached hydrogen (secondary N) is 3. The van der Waals surface area contributed by atoms with E-state index < -0.39 is 15.9 Å². The number of nitrogens with two attached hydrogens (primary N) is 2. The fourth-order valence-electron chi connectivity index (χ4n) is 2.73. The molecule has 0 atom stereocenters. The van der Waals surface area contributed by atoms with E-state index in [2.05, 4.69) is 30.8 Å². The van der Waals surface area contributed by atoms with Gasteiger partial charge < -0.3 is 16.4 Å². The van der Waals surface area contributed by atoms with Gasteiger partial charge in [0.05, 0.1) is 16.6 Å². The van der Waals surface area contributed by atoms with Crippen LogP contribution in [0.1, 0.15) is 10.4 Å². The zero-order chi connectivity index (χ0) is 21.3. The van der Waals surface area contributed by atoms with Gasteiger partial charge in [-0.25, -0.2) is 18.5 Å². The van der Waals surface area contributed by atoms with Gasteiger partial charge in [-0.1, -0.05) is 0 Å². The van der Waals surface area contributed by atoms with E-state index in [1.165, 1.54) is 30.5 Å². The van der Waals surface area contributed by atoms with E-state index in [1.807, 2.05) is 12.1 Å². The van der Waals surface area contributed by atoms with Crippen LogP contribution in [0.3, 0.4) is 0 Å². The molecule has 0 bridgehead atoms. The molecule has 2 aromatic carbocycles. The Hall–Kier alpha value is -4.03. The average molecular weight is 424 g/mol. The Morgan fingerprint density at radius 2 is 1.73 bits per heavy atom. The van der Waals surface area contributed by atoms with Crippen LogP contribution >= 0.6 is 0 Å². The molecular formula is C18H16N8O3S. The molecule has 30 heavy (non-hydrogen) atoms. The first-order chi connectivity index (χ1) is 14.3. The van der Waals surface area contributed by atoms with Gasteiger partial charge in [-0.2, -0.15) is 10.1 Å². The number of sulfonamides is 1. The number of fused-ring (bicyclic) bond motifs is 1. The maximum Gasteiger partial charge on any atom is 0.254 e. The van der Waals surface area contributed by atoms with Gasteiger partial charge in [0.1, 0.15) is 11.4 Å². The minimum absolute atomic E-state index is 0.0185. The number of hydrogen-bond donors (Lipinski definition) is 5. The van der Waals surface area contributed by atoms with Crippen molar-refractivity contribution in [3.63, 3.8) is 0 Å². The molecule has 2 heterocycles. The lowest BCUT2D eigenvalue weighted by Crippen LogP contribution is -2.15. The summed E-state index contributed by atoms with van der Waals surface area (Å²) in [6.45, 7) is 0. The zero-order valence-electron chi connectivity index (χ0n) is 15.3. The standard InChI is InChI=1S/C18H16N8O3S/c19-16(27)14-9-21-18(24-11-1-4-13(5-2-11)30(20,28)29)25-17(14)23-12-3-6-15-10(7-12)8-22-26-15/h1-9H,(H2,19,27)(H,22,26)(H2,20,28,29)(H2,21,23,24,25). The number of primary sulfonamides is 1. The van der Waals surface area contributed by atoms with Crippen molar-refractivity contribution in [3.05, 3.63) is 60.4 Å². The van der Waals surface area contributed by atoms with Gasteiger partial charge in [-0.15, -0.1) is 0 Å². The SMILES string of the molecule is NC(=O)c1cnc(Nc2ccc(S(N)(=O)=O)cc2)nc1Nc1ccc2[nH]ncc2c1. The number of amides is 1. The van der Waals surface area contributed by atoms with Crippen LogP contribution in [-0.4, -0.2) is 34.5 Å². The van der Waals surface area contributed by atoms with Crippen LogP contribution < -0.4 is 21.5 Å². The molecule has 0 saturated heterocycles. The van der Waals surface area contributed by atoms with Gasteiger partial charge >= 0.3 is 0 Å². The Morgan fingerprint density at radius 3 is 2.43 bits per heavy atom. The third kappa shape index (κ3) is 4.04. The van der Waals surface area contributed by atoms with Crippen molar-refractivity contribution in [2.75, 3.05) is 10.6 Å². The summed E-state index contributed by atoms with van der Waals surface area (Å²) in [5.41, 5.74) is 7.61. The van der Waals surface area contributed by atoms with Crippen LogP contribution in [0.4, 0.5) is 23.1 Å². The van der Waals surface area contributed by atoms with Crippen LogP contribution in [0.25, 0.3) is 10.9 Å². The molecule has 0 aliphatic rings. The molecule has 0 radical (unpaired) electrons. The van der Waals surface area contributed by atoms with Gasteiger partial charge in [0.2, 0.25) is 16.0 Å². The van der Waals surface area contributed by atoms with Crippen molar-refractivity contribution < 1.29 is 13.2 Å².